The molecule has 1 heterocycles. The number of hydrogen-bond donors (Lipinski definition) is 2. The molecule has 6 nitrogen and oxygen atoms in total. The van der Waals surface area contributed by atoms with Gasteiger partial charge in [-0.05, 0) is 5.92 Å². The summed E-state index contributed by atoms with van der Waals surface area (Å²) in [7, 11) is 0. The summed E-state index contributed by atoms with van der Waals surface area (Å²) >= 11 is 0. The summed E-state index contributed by atoms with van der Waals surface area (Å²) in [6.45, 7) is 4.31. The highest BCUT2D eigenvalue weighted by atomic mass is 16.4. The first-order valence-electron chi connectivity index (χ1n) is 5.02. The number of carboxylic acids is 1. The van der Waals surface area contributed by atoms with Crippen LogP contribution in [0.1, 0.15) is 30.6 Å². The summed E-state index contributed by atoms with van der Waals surface area (Å²) in [5, 5.41) is 8.74. The molecule has 1 aromatic heterocycles. The minimum absolute atomic E-state index is 0.241. The van der Waals surface area contributed by atoms with E-state index in [1.165, 1.54) is 4.57 Å². The molecule has 0 aliphatic heterocycles. The second-order valence-electron chi connectivity index (χ2n) is 3.77. The smallest absolute Gasteiger partial charge is 0.342 e. The van der Waals surface area contributed by atoms with E-state index < -0.39 is 22.8 Å². The van der Waals surface area contributed by atoms with Crippen LogP contribution in [0.2, 0.25) is 0 Å². The molecule has 1 aromatic rings. The second kappa shape index (κ2) is 4.78. The Hall–Kier alpha value is -1.85. The summed E-state index contributed by atoms with van der Waals surface area (Å²) in [5.41, 5.74) is -1.85. The quantitative estimate of drug-likeness (QED) is 0.771. The summed E-state index contributed by atoms with van der Waals surface area (Å²) in [6.07, 6.45) is 1.96. The molecular formula is C10H14N2O4. The molecule has 0 fully saturated rings. The number of aromatic amines is 1. The third-order valence-corrected chi connectivity index (χ3v) is 2.45. The monoisotopic (exact) mass is 226 g/mol. The predicted octanol–water partition coefficient (Wildman–Crippen LogP) is 0.281. The Morgan fingerprint density at radius 3 is 2.69 bits per heavy atom. The Labute approximate surface area is 91.5 Å². The largest absolute Gasteiger partial charge is 0.477 e. The van der Waals surface area contributed by atoms with Crippen molar-refractivity contribution in [3.63, 3.8) is 0 Å². The summed E-state index contributed by atoms with van der Waals surface area (Å²) in [6, 6.07) is 0. The number of aromatic nitrogens is 2. The highest BCUT2D eigenvalue weighted by Gasteiger charge is 2.12. The van der Waals surface area contributed by atoms with Crippen LogP contribution in [0.15, 0.2) is 15.8 Å². The van der Waals surface area contributed by atoms with Gasteiger partial charge in [0.15, 0.2) is 0 Å². The van der Waals surface area contributed by atoms with Crippen LogP contribution in [-0.2, 0) is 6.54 Å². The van der Waals surface area contributed by atoms with Gasteiger partial charge < -0.3 is 5.11 Å². The molecule has 0 spiro atoms. The number of rotatable bonds is 4. The number of nitrogens with one attached hydrogen (secondary N) is 1. The lowest BCUT2D eigenvalue weighted by atomic mass is 10.1. The average molecular weight is 226 g/mol. The minimum atomic E-state index is -1.33. The third kappa shape index (κ3) is 2.59. The van der Waals surface area contributed by atoms with Crippen molar-refractivity contribution >= 4 is 5.97 Å². The van der Waals surface area contributed by atoms with Gasteiger partial charge in [-0.25, -0.2) is 9.59 Å². The first-order valence-corrected chi connectivity index (χ1v) is 5.02. The van der Waals surface area contributed by atoms with Crippen LogP contribution in [0, 0.1) is 5.92 Å². The van der Waals surface area contributed by atoms with Crippen LogP contribution < -0.4 is 11.2 Å². The van der Waals surface area contributed by atoms with Gasteiger partial charge in [0, 0.05) is 12.7 Å². The van der Waals surface area contributed by atoms with Crippen LogP contribution >= 0.6 is 0 Å². The van der Waals surface area contributed by atoms with E-state index in [4.69, 9.17) is 5.11 Å². The van der Waals surface area contributed by atoms with Gasteiger partial charge in [0.2, 0.25) is 0 Å². The zero-order valence-electron chi connectivity index (χ0n) is 9.19. The highest BCUT2D eigenvalue weighted by molar-refractivity contribution is 5.86. The van der Waals surface area contributed by atoms with E-state index in [-0.39, 0.29) is 5.92 Å². The first kappa shape index (κ1) is 12.2. The maximum Gasteiger partial charge on any atom is 0.342 e. The fourth-order valence-electron chi connectivity index (χ4n) is 1.26. The number of hydrogen-bond acceptors (Lipinski definition) is 3. The molecule has 0 amide bonds. The molecule has 1 unspecified atom stereocenters. The molecular weight excluding hydrogens is 212 g/mol. The summed E-state index contributed by atoms with van der Waals surface area (Å²) in [5.74, 6) is -1.09. The maximum absolute atomic E-state index is 11.4. The van der Waals surface area contributed by atoms with E-state index in [1.807, 2.05) is 18.8 Å². The standard InChI is InChI=1S/C10H14N2O4/c1-3-6(2)4-12-5-7(9(14)15)8(13)11-10(12)16/h5-6H,3-4H2,1-2H3,(H,14,15)(H,11,13,16). The van der Waals surface area contributed by atoms with E-state index >= 15 is 0 Å². The van der Waals surface area contributed by atoms with Crippen molar-refractivity contribution in [3.05, 3.63) is 32.6 Å². The lowest BCUT2D eigenvalue weighted by Crippen LogP contribution is -2.34. The molecule has 0 radical (unpaired) electrons. The molecule has 2 N–H and O–H groups in total. The Morgan fingerprint density at radius 1 is 1.56 bits per heavy atom. The van der Waals surface area contributed by atoms with Gasteiger partial charge in [0.05, 0.1) is 0 Å². The van der Waals surface area contributed by atoms with Crippen molar-refractivity contribution in [2.75, 3.05) is 0 Å². The van der Waals surface area contributed by atoms with E-state index in [0.29, 0.717) is 6.54 Å². The van der Waals surface area contributed by atoms with E-state index in [1.54, 1.807) is 0 Å². The van der Waals surface area contributed by atoms with Crippen molar-refractivity contribution in [1.82, 2.24) is 9.55 Å². The second-order valence-corrected chi connectivity index (χ2v) is 3.77. The molecule has 0 bridgehead atoms. The van der Waals surface area contributed by atoms with Crippen molar-refractivity contribution in [3.8, 4) is 0 Å². The molecule has 1 rings (SSSR count). The van der Waals surface area contributed by atoms with Gasteiger partial charge in [-0.15, -0.1) is 0 Å². The van der Waals surface area contributed by atoms with E-state index in [2.05, 4.69) is 0 Å². The molecule has 0 aliphatic carbocycles. The zero-order valence-corrected chi connectivity index (χ0v) is 9.19. The third-order valence-electron chi connectivity index (χ3n) is 2.45. The normalized spacial score (nSPS) is 12.4. The van der Waals surface area contributed by atoms with Crippen molar-refractivity contribution < 1.29 is 9.90 Å². The number of nitrogens with zero attached hydrogens (tertiary/aromatic N) is 1. The minimum Gasteiger partial charge on any atom is -0.477 e. The number of aromatic carboxylic acids is 1. The maximum atomic E-state index is 11.4. The zero-order chi connectivity index (χ0) is 12.3. The van der Waals surface area contributed by atoms with Gasteiger partial charge in [-0.2, -0.15) is 0 Å². The van der Waals surface area contributed by atoms with Crippen LogP contribution in [0.4, 0.5) is 0 Å². The summed E-state index contributed by atoms with van der Waals surface area (Å²) < 4.78 is 1.22. The lowest BCUT2D eigenvalue weighted by molar-refractivity contribution is 0.0693. The Bertz CT molecular complexity index is 500. The fraction of sp³-hybridized carbons (Fsp3) is 0.500. The molecule has 1 atom stereocenters. The highest BCUT2D eigenvalue weighted by Crippen LogP contribution is 2.02. The Balaban J connectivity index is 3.20. The van der Waals surface area contributed by atoms with Crippen molar-refractivity contribution in [2.45, 2.75) is 26.8 Å². The van der Waals surface area contributed by atoms with Crippen LogP contribution in [0.5, 0.6) is 0 Å². The van der Waals surface area contributed by atoms with Crippen LogP contribution in [-0.4, -0.2) is 20.6 Å². The van der Waals surface area contributed by atoms with E-state index in [9.17, 15) is 14.4 Å². The van der Waals surface area contributed by atoms with Crippen molar-refractivity contribution in [2.24, 2.45) is 5.92 Å². The SMILES string of the molecule is CCC(C)Cn1cc(C(=O)O)c(=O)[nH]c1=O. The number of carboxylic acid groups (broad SMARTS) is 1. The molecule has 0 aliphatic rings. The predicted molar refractivity (Wildman–Crippen MR) is 57.7 cm³/mol. The van der Waals surface area contributed by atoms with Crippen LogP contribution in [0.25, 0.3) is 0 Å². The Morgan fingerprint density at radius 2 is 2.19 bits per heavy atom. The number of H-pyrrole nitrogens is 1. The average Bonchev–Trinajstić information content (AvgIpc) is 2.21. The lowest BCUT2D eigenvalue weighted by Gasteiger charge is -2.10. The van der Waals surface area contributed by atoms with Gasteiger partial charge in [-0.1, -0.05) is 20.3 Å². The van der Waals surface area contributed by atoms with Gasteiger partial charge in [-0.3, -0.25) is 14.3 Å². The molecule has 0 aromatic carbocycles. The van der Waals surface area contributed by atoms with E-state index in [0.717, 1.165) is 12.6 Å². The summed E-state index contributed by atoms with van der Waals surface area (Å²) in [4.78, 5) is 35.2. The van der Waals surface area contributed by atoms with Gasteiger partial charge >= 0.3 is 11.7 Å². The first-order chi connectivity index (χ1) is 7.45. The van der Waals surface area contributed by atoms with Gasteiger partial charge in [0.1, 0.15) is 5.56 Å². The van der Waals surface area contributed by atoms with Gasteiger partial charge in [0.25, 0.3) is 5.56 Å². The molecule has 16 heavy (non-hydrogen) atoms. The molecule has 0 saturated heterocycles. The molecule has 88 valence electrons. The number of carbonyl (C=O) groups is 1. The fourth-order valence-corrected chi connectivity index (χ4v) is 1.26. The molecule has 6 heteroatoms. The topological polar surface area (TPSA) is 92.2 Å². The molecule has 0 saturated carbocycles. The Kier molecular flexibility index (Phi) is 3.65. The van der Waals surface area contributed by atoms with Crippen molar-refractivity contribution in [1.29, 1.82) is 0 Å². The van der Waals surface area contributed by atoms with Crippen LogP contribution in [0.3, 0.4) is 0 Å².